The topological polar surface area (TPSA) is 59.0 Å². The molecule has 0 bridgehead atoms. The van der Waals surface area contributed by atoms with Gasteiger partial charge in [0.15, 0.2) is 11.6 Å². The smallest absolute Gasteiger partial charge is 0.165 e. The molecule has 0 heterocycles. The second-order valence-electron chi connectivity index (χ2n) is 4.56. The molecule has 4 heteroatoms. The molecular weight excluding hydrogens is 219 g/mol. The Balaban J connectivity index is 2.56. The molecule has 1 rings (SSSR count). The zero-order valence-corrected chi connectivity index (χ0v) is 10.2. The quantitative estimate of drug-likeness (QED) is 0.854. The highest BCUT2D eigenvalue weighted by Crippen LogP contribution is 2.22. The maximum Gasteiger partial charge on any atom is 0.165 e. The van der Waals surface area contributed by atoms with E-state index in [9.17, 15) is 4.39 Å². The van der Waals surface area contributed by atoms with Crippen molar-refractivity contribution < 1.29 is 9.13 Å². The van der Waals surface area contributed by atoms with Crippen molar-refractivity contribution in [1.29, 1.82) is 5.26 Å². The minimum absolute atomic E-state index is 0.205. The number of nitrogens with two attached hydrogens (primary N) is 1. The van der Waals surface area contributed by atoms with E-state index in [4.69, 9.17) is 15.7 Å². The van der Waals surface area contributed by atoms with Gasteiger partial charge in [-0.25, -0.2) is 4.39 Å². The van der Waals surface area contributed by atoms with Crippen LogP contribution < -0.4 is 10.5 Å². The molecule has 0 aromatic heterocycles. The van der Waals surface area contributed by atoms with Crippen molar-refractivity contribution in [2.75, 3.05) is 6.61 Å². The number of hydrogen-bond acceptors (Lipinski definition) is 3. The second-order valence-corrected chi connectivity index (χ2v) is 4.56. The summed E-state index contributed by atoms with van der Waals surface area (Å²) in [4.78, 5) is 0. The summed E-state index contributed by atoms with van der Waals surface area (Å²) < 4.78 is 18.8. The van der Waals surface area contributed by atoms with E-state index in [1.165, 1.54) is 6.07 Å². The largest absolute Gasteiger partial charge is 0.490 e. The lowest BCUT2D eigenvalue weighted by molar-refractivity contribution is 0.254. The highest BCUT2D eigenvalue weighted by Gasteiger charge is 2.16. The maximum atomic E-state index is 13.5. The molecule has 2 N–H and O–H groups in total. The molecule has 0 fully saturated rings. The standard InChI is InChI=1S/C13H17FN2O/c1-13(2,9-16)5-6-17-12-4-3-10(8-15)7-11(12)14/h3-4,7H,5-6,8,15H2,1-2H3. The molecule has 0 spiro atoms. The molecule has 0 unspecified atom stereocenters. The minimum Gasteiger partial charge on any atom is -0.490 e. The van der Waals surface area contributed by atoms with Crippen LogP contribution in [0, 0.1) is 22.6 Å². The molecule has 1 aromatic carbocycles. The van der Waals surface area contributed by atoms with Gasteiger partial charge in [0, 0.05) is 6.54 Å². The molecule has 0 aliphatic rings. The summed E-state index contributed by atoms with van der Waals surface area (Å²) in [6.07, 6.45) is 0.557. The first kappa shape index (κ1) is 13.5. The summed E-state index contributed by atoms with van der Waals surface area (Å²) in [6.45, 7) is 4.27. The van der Waals surface area contributed by atoms with Gasteiger partial charge in [0.05, 0.1) is 18.1 Å². The van der Waals surface area contributed by atoms with Crippen LogP contribution in [0.2, 0.25) is 0 Å². The van der Waals surface area contributed by atoms with Crippen LogP contribution in [0.3, 0.4) is 0 Å². The molecule has 3 nitrogen and oxygen atoms in total. The van der Waals surface area contributed by atoms with Gasteiger partial charge in [0.2, 0.25) is 0 Å². The van der Waals surface area contributed by atoms with Crippen molar-refractivity contribution >= 4 is 0 Å². The third kappa shape index (κ3) is 4.04. The Morgan fingerprint density at radius 2 is 2.18 bits per heavy atom. The molecule has 0 atom stereocenters. The van der Waals surface area contributed by atoms with E-state index in [1.54, 1.807) is 12.1 Å². The average molecular weight is 236 g/mol. The summed E-state index contributed by atoms with van der Waals surface area (Å²) in [5.74, 6) is -0.210. The Bertz CT molecular complexity index is 424. The predicted octanol–water partition coefficient (Wildman–Crippen LogP) is 2.60. The van der Waals surface area contributed by atoms with Gasteiger partial charge in [0.1, 0.15) is 0 Å². The fourth-order valence-corrected chi connectivity index (χ4v) is 1.26. The summed E-state index contributed by atoms with van der Waals surface area (Å²) in [7, 11) is 0. The number of rotatable bonds is 5. The Labute approximate surface area is 101 Å². The van der Waals surface area contributed by atoms with Crippen molar-refractivity contribution in [2.24, 2.45) is 11.1 Å². The lowest BCUT2D eigenvalue weighted by atomic mass is 9.92. The fraction of sp³-hybridized carbons (Fsp3) is 0.462. The predicted molar refractivity (Wildman–Crippen MR) is 63.8 cm³/mol. The lowest BCUT2D eigenvalue weighted by Crippen LogP contribution is -2.13. The number of ether oxygens (including phenoxy) is 1. The number of halogens is 1. The maximum absolute atomic E-state index is 13.5. The molecule has 1 aromatic rings. The van der Waals surface area contributed by atoms with E-state index in [0.717, 1.165) is 5.56 Å². The molecule has 0 saturated heterocycles. The van der Waals surface area contributed by atoms with Gasteiger partial charge in [-0.15, -0.1) is 0 Å². The molecule has 0 aliphatic carbocycles. The van der Waals surface area contributed by atoms with Crippen LogP contribution in [0.5, 0.6) is 5.75 Å². The first-order chi connectivity index (χ1) is 7.98. The normalized spacial score (nSPS) is 11.0. The number of nitriles is 1. The highest BCUT2D eigenvalue weighted by molar-refractivity contribution is 5.29. The van der Waals surface area contributed by atoms with Crippen LogP contribution in [-0.4, -0.2) is 6.61 Å². The van der Waals surface area contributed by atoms with Crippen molar-refractivity contribution in [3.63, 3.8) is 0 Å². The molecule has 0 saturated carbocycles. The molecule has 92 valence electrons. The minimum atomic E-state index is -0.451. The Morgan fingerprint density at radius 1 is 1.47 bits per heavy atom. The van der Waals surface area contributed by atoms with Crippen molar-refractivity contribution in [3.05, 3.63) is 29.6 Å². The van der Waals surface area contributed by atoms with E-state index >= 15 is 0 Å². The zero-order valence-electron chi connectivity index (χ0n) is 10.2. The van der Waals surface area contributed by atoms with Gasteiger partial charge in [0.25, 0.3) is 0 Å². The summed E-state index contributed by atoms with van der Waals surface area (Å²) in [5, 5.41) is 8.82. The van der Waals surface area contributed by atoms with Crippen LogP contribution in [0.25, 0.3) is 0 Å². The van der Waals surface area contributed by atoms with Crippen molar-refractivity contribution in [1.82, 2.24) is 0 Å². The lowest BCUT2D eigenvalue weighted by Gasteiger charge is -2.15. The van der Waals surface area contributed by atoms with E-state index < -0.39 is 11.2 Å². The van der Waals surface area contributed by atoms with E-state index in [-0.39, 0.29) is 5.75 Å². The number of hydrogen-bond donors (Lipinski definition) is 1. The third-order valence-electron chi connectivity index (χ3n) is 2.52. The van der Waals surface area contributed by atoms with Crippen LogP contribution in [0.1, 0.15) is 25.8 Å². The molecule has 0 amide bonds. The first-order valence-corrected chi connectivity index (χ1v) is 5.51. The zero-order chi connectivity index (χ0) is 12.9. The first-order valence-electron chi connectivity index (χ1n) is 5.51. The third-order valence-corrected chi connectivity index (χ3v) is 2.52. The van der Waals surface area contributed by atoms with E-state index in [0.29, 0.717) is 19.6 Å². The summed E-state index contributed by atoms with van der Waals surface area (Å²) in [6, 6.07) is 6.83. The van der Waals surface area contributed by atoms with Gasteiger partial charge in [-0.3, -0.25) is 0 Å². The molecule has 0 radical (unpaired) electrons. The Morgan fingerprint density at radius 3 is 2.71 bits per heavy atom. The van der Waals surface area contributed by atoms with E-state index in [1.807, 2.05) is 13.8 Å². The van der Waals surface area contributed by atoms with Crippen molar-refractivity contribution in [3.8, 4) is 11.8 Å². The van der Waals surface area contributed by atoms with Gasteiger partial charge in [-0.1, -0.05) is 6.07 Å². The van der Waals surface area contributed by atoms with Gasteiger partial charge in [-0.05, 0) is 38.0 Å². The summed E-state index contributed by atoms with van der Waals surface area (Å²) in [5.41, 5.74) is 5.68. The molecular formula is C13H17FN2O. The van der Waals surface area contributed by atoms with Crippen molar-refractivity contribution in [2.45, 2.75) is 26.8 Å². The highest BCUT2D eigenvalue weighted by atomic mass is 19.1. The second kappa shape index (κ2) is 5.65. The SMILES string of the molecule is CC(C)(C#N)CCOc1ccc(CN)cc1F. The van der Waals surface area contributed by atoms with Crippen LogP contribution in [0.4, 0.5) is 4.39 Å². The summed E-state index contributed by atoms with van der Waals surface area (Å²) >= 11 is 0. The molecule has 0 aliphatic heterocycles. The number of benzene rings is 1. The van der Waals surface area contributed by atoms with Crippen LogP contribution in [0.15, 0.2) is 18.2 Å². The Hall–Kier alpha value is -1.60. The number of nitrogens with zero attached hydrogens (tertiary/aromatic N) is 1. The van der Waals surface area contributed by atoms with Gasteiger partial charge < -0.3 is 10.5 Å². The Kier molecular flexibility index (Phi) is 4.47. The molecule has 17 heavy (non-hydrogen) atoms. The van der Waals surface area contributed by atoms with Gasteiger partial charge >= 0.3 is 0 Å². The van der Waals surface area contributed by atoms with Crippen LogP contribution in [-0.2, 0) is 6.54 Å². The fourth-order valence-electron chi connectivity index (χ4n) is 1.26. The van der Waals surface area contributed by atoms with Crippen LogP contribution >= 0.6 is 0 Å². The monoisotopic (exact) mass is 236 g/mol. The van der Waals surface area contributed by atoms with E-state index in [2.05, 4.69) is 6.07 Å². The average Bonchev–Trinajstić information content (AvgIpc) is 2.31. The van der Waals surface area contributed by atoms with Gasteiger partial charge in [-0.2, -0.15) is 5.26 Å².